The lowest BCUT2D eigenvalue weighted by Crippen LogP contribution is -2.49. The number of aliphatic hydroxyl groups is 1. The molecule has 0 saturated carbocycles. The number of aliphatic hydroxyl groups excluding tert-OH is 1. The first-order chi connectivity index (χ1) is 20.0. The Morgan fingerprint density at radius 3 is 2.55 bits per heavy atom. The van der Waals surface area contributed by atoms with Crippen molar-refractivity contribution in [1.82, 2.24) is 15.1 Å². The number of likely N-dealkylation sites (N-methyl/N-ethyl adjacent to an activating group) is 1. The molecule has 1 aliphatic heterocycles. The van der Waals surface area contributed by atoms with Crippen LogP contribution in [-0.4, -0.2) is 77.8 Å². The van der Waals surface area contributed by atoms with Crippen molar-refractivity contribution in [3.05, 3.63) is 66.2 Å². The van der Waals surface area contributed by atoms with Gasteiger partial charge in [0.05, 0.1) is 31.3 Å². The third-order valence-corrected chi connectivity index (χ3v) is 7.42. The molecule has 0 radical (unpaired) electrons. The van der Waals surface area contributed by atoms with Gasteiger partial charge in [-0.1, -0.05) is 43.3 Å². The Bertz CT molecular complexity index is 1420. The summed E-state index contributed by atoms with van der Waals surface area (Å²) in [6.45, 7) is 8.05. The van der Waals surface area contributed by atoms with Crippen LogP contribution in [0.2, 0.25) is 0 Å². The Morgan fingerprint density at radius 2 is 1.81 bits per heavy atom. The summed E-state index contributed by atoms with van der Waals surface area (Å²) >= 11 is 0. The number of benzene rings is 3. The van der Waals surface area contributed by atoms with E-state index in [9.17, 15) is 19.5 Å². The van der Waals surface area contributed by atoms with Crippen molar-refractivity contribution in [2.24, 2.45) is 5.92 Å². The monoisotopic (exact) mass is 575 g/mol. The van der Waals surface area contributed by atoms with Gasteiger partial charge in [-0.15, -0.1) is 0 Å². The average molecular weight is 576 g/mol. The molecule has 4 rings (SSSR count). The molecule has 1 aliphatic rings. The van der Waals surface area contributed by atoms with Crippen molar-refractivity contribution in [3.63, 3.8) is 0 Å². The quantitative estimate of drug-likeness (QED) is 0.326. The first kappa shape index (κ1) is 30.6. The molecule has 0 aromatic heterocycles. The van der Waals surface area contributed by atoms with Crippen LogP contribution in [0, 0.1) is 5.92 Å². The molecule has 3 aromatic carbocycles. The largest absolute Gasteiger partial charge is 0.488 e. The van der Waals surface area contributed by atoms with Crippen molar-refractivity contribution < 1.29 is 24.2 Å². The zero-order chi connectivity index (χ0) is 30.4. The van der Waals surface area contributed by atoms with Gasteiger partial charge in [0.15, 0.2) is 0 Å². The van der Waals surface area contributed by atoms with E-state index < -0.39 is 18.2 Å². The van der Waals surface area contributed by atoms with E-state index in [1.807, 2.05) is 63.2 Å². The molecule has 0 aliphatic carbocycles. The lowest BCUT2D eigenvalue weighted by molar-refractivity contribution is -0.134. The van der Waals surface area contributed by atoms with Crippen molar-refractivity contribution in [1.29, 1.82) is 0 Å². The molecule has 4 N–H and O–H groups in total. The maximum Gasteiger partial charge on any atom is 0.323 e. The van der Waals surface area contributed by atoms with Gasteiger partial charge in [-0.3, -0.25) is 4.79 Å². The van der Waals surface area contributed by atoms with E-state index in [1.54, 1.807) is 42.0 Å². The molecular weight excluding hydrogens is 534 g/mol. The second-order valence-electron chi connectivity index (χ2n) is 11.3. The second-order valence-corrected chi connectivity index (χ2v) is 11.3. The van der Waals surface area contributed by atoms with Gasteiger partial charge < -0.3 is 35.6 Å². The van der Waals surface area contributed by atoms with Crippen LogP contribution < -0.4 is 20.7 Å². The predicted molar refractivity (Wildman–Crippen MR) is 165 cm³/mol. The van der Waals surface area contributed by atoms with Gasteiger partial charge in [0.1, 0.15) is 11.9 Å². The van der Waals surface area contributed by atoms with Crippen molar-refractivity contribution in [2.75, 3.05) is 37.4 Å². The number of nitrogens with one attached hydrogen (secondary N) is 3. The van der Waals surface area contributed by atoms with Crippen molar-refractivity contribution >= 4 is 40.1 Å². The van der Waals surface area contributed by atoms with Crippen LogP contribution in [0.25, 0.3) is 10.8 Å². The van der Waals surface area contributed by atoms with E-state index in [-0.39, 0.29) is 36.9 Å². The molecule has 3 atom stereocenters. The number of hydrogen-bond donors (Lipinski definition) is 4. The number of rotatable bonds is 7. The van der Waals surface area contributed by atoms with E-state index in [4.69, 9.17) is 4.74 Å². The molecule has 224 valence electrons. The zero-order valence-electron chi connectivity index (χ0n) is 24.9. The number of carbonyl (C=O) groups is 3. The Morgan fingerprint density at radius 1 is 1.07 bits per heavy atom. The van der Waals surface area contributed by atoms with Gasteiger partial charge in [0.25, 0.3) is 0 Å². The Balaban J connectivity index is 1.58. The SMILES string of the molecule is CC(C)NC(=O)N(C)C[C@@H]1Oc2ccc(NC(=O)Nc3cccc4ccccc34)cc2CC(=O)N([C@H](C)CO)C[C@H]1C. The number of fused-ring (bicyclic) bond motifs is 2. The van der Waals surface area contributed by atoms with Crippen LogP contribution >= 0.6 is 0 Å². The molecule has 0 spiro atoms. The highest BCUT2D eigenvalue weighted by molar-refractivity contribution is 6.06. The average Bonchev–Trinajstić information content (AvgIpc) is 2.99. The van der Waals surface area contributed by atoms with E-state index in [0.29, 0.717) is 35.8 Å². The van der Waals surface area contributed by atoms with Gasteiger partial charge in [-0.2, -0.15) is 0 Å². The summed E-state index contributed by atoms with van der Waals surface area (Å²) in [5.41, 5.74) is 1.79. The number of ether oxygens (including phenoxy) is 1. The minimum atomic E-state index is -0.431. The molecule has 10 heteroatoms. The topological polar surface area (TPSA) is 123 Å². The summed E-state index contributed by atoms with van der Waals surface area (Å²) in [5.74, 6) is 0.209. The molecule has 0 fully saturated rings. The maximum absolute atomic E-state index is 13.5. The van der Waals surface area contributed by atoms with E-state index in [1.165, 1.54) is 0 Å². The molecule has 0 saturated heterocycles. The fraction of sp³-hybridized carbons (Fsp3) is 0.406. The molecule has 1 heterocycles. The van der Waals surface area contributed by atoms with Gasteiger partial charge in [0.2, 0.25) is 5.91 Å². The summed E-state index contributed by atoms with van der Waals surface area (Å²) in [7, 11) is 1.71. The highest BCUT2D eigenvalue weighted by atomic mass is 16.5. The minimum Gasteiger partial charge on any atom is -0.488 e. The fourth-order valence-corrected chi connectivity index (χ4v) is 5.05. The first-order valence-corrected chi connectivity index (χ1v) is 14.3. The summed E-state index contributed by atoms with van der Waals surface area (Å²) in [4.78, 5) is 42.3. The first-order valence-electron chi connectivity index (χ1n) is 14.3. The second kappa shape index (κ2) is 13.6. The lowest BCUT2D eigenvalue weighted by atomic mass is 10.0. The van der Waals surface area contributed by atoms with Gasteiger partial charge >= 0.3 is 12.1 Å². The Kier molecular flexibility index (Phi) is 9.90. The summed E-state index contributed by atoms with van der Waals surface area (Å²) in [6, 6.07) is 17.7. The Labute approximate surface area is 247 Å². The lowest BCUT2D eigenvalue weighted by Gasteiger charge is -2.34. The van der Waals surface area contributed by atoms with Crippen LogP contribution in [0.5, 0.6) is 5.75 Å². The molecular formula is C32H41N5O5. The fourth-order valence-electron chi connectivity index (χ4n) is 5.05. The summed E-state index contributed by atoms with van der Waals surface area (Å²) in [6.07, 6.45) is -0.400. The number of hydrogen-bond acceptors (Lipinski definition) is 5. The van der Waals surface area contributed by atoms with E-state index in [2.05, 4.69) is 16.0 Å². The third-order valence-electron chi connectivity index (χ3n) is 7.42. The zero-order valence-corrected chi connectivity index (χ0v) is 24.9. The number of urea groups is 2. The van der Waals surface area contributed by atoms with Crippen LogP contribution in [0.3, 0.4) is 0 Å². The predicted octanol–water partition coefficient (Wildman–Crippen LogP) is 4.68. The molecule has 0 bridgehead atoms. The van der Waals surface area contributed by atoms with Crippen molar-refractivity contribution in [3.8, 4) is 5.75 Å². The van der Waals surface area contributed by atoms with E-state index >= 15 is 0 Å². The van der Waals surface area contributed by atoms with Crippen LogP contribution in [0.15, 0.2) is 60.7 Å². The Hall–Kier alpha value is -4.31. The maximum atomic E-state index is 13.5. The number of amides is 5. The summed E-state index contributed by atoms with van der Waals surface area (Å²) < 4.78 is 6.48. The smallest absolute Gasteiger partial charge is 0.323 e. The number of anilines is 2. The standard InChI is InChI=1S/C32H41N5O5/c1-20(2)33-32(41)36(5)18-29-21(3)17-37(22(4)19-38)30(39)16-24-15-25(13-14-28(24)42-29)34-31(40)35-27-12-8-10-23-9-6-7-11-26(23)27/h6-15,20-22,29,38H,16-19H2,1-5H3,(H,33,41)(H2,34,35,40)/t21-,22-,29+/m1/s1. The molecule has 0 unspecified atom stereocenters. The molecule has 3 aromatic rings. The normalized spacial score (nSPS) is 17.8. The van der Waals surface area contributed by atoms with Crippen molar-refractivity contribution in [2.45, 2.75) is 52.3 Å². The number of nitrogens with zero attached hydrogens (tertiary/aromatic N) is 2. The van der Waals surface area contributed by atoms with Gasteiger partial charge in [-0.05, 0) is 50.4 Å². The highest BCUT2D eigenvalue weighted by Gasteiger charge is 2.32. The third kappa shape index (κ3) is 7.50. The van der Waals surface area contributed by atoms with Crippen LogP contribution in [-0.2, 0) is 11.2 Å². The number of carbonyl (C=O) groups excluding carboxylic acids is 3. The van der Waals surface area contributed by atoms with Gasteiger partial charge in [-0.25, -0.2) is 9.59 Å². The highest BCUT2D eigenvalue weighted by Crippen LogP contribution is 2.30. The molecule has 42 heavy (non-hydrogen) atoms. The minimum absolute atomic E-state index is 0.0122. The molecule has 5 amide bonds. The van der Waals surface area contributed by atoms with Gasteiger partial charge in [0, 0.05) is 42.2 Å². The summed E-state index contributed by atoms with van der Waals surface area (Å²) in [5, 5.41) is 20.5. The van der Waals surface area contributed by atoms with E-state index in [0.717, 1.165) is 10.8 Å². The molecule has 10 nitrogen and oxygen atoms in total. The van der Waals surface area contributed by atoms with Crippen LogP contribution in [0.4, 0.5) is 21.0 Å². The van der Waals surface area contributed by atoms with Crippen LogP contribution in [0.1, 0.15) is 33.3 Å².